The van der Waals surface area contributed by atoms with Gasteiger partial charge in [-0.2, -0.15) is 0 Å². The van der Waals surface area contributed by atoms with Crippen molar-refractivity contribution >= 4 is 8.40 Å². The second-order valence-corrected chi connectivity index (χ2v) is 10.7. The molecule has 0 fully saturated rings. The second kappa shape index (κ2) is 7.03. The van der Waals surface area contributed by atoms with Crippen LogP contribution in [0.4, 0.5) is 0 Å². The molecule has 0 bridgehead atoms. The highest BCUT2D eigenvalue weighted by atomic mass is 28.3. The zero-order valence-electron chi connectivity index (χ0n) is 13.6. The molecule has 2 rings (SSSR count). The summed E-state index contributed by atoms with van der Waals surface area (Å²) >= 11 is 0. The third-order valence-electron chi connectivity index (χ3n) is 4.39. The van der Waals surface area contributed by atoms with E-state index in [9.17, 15) is 0 Å². The Bertz CT molecular complexity index is 490. The summed E-state index contributed by atoms with van der Waals surface area (Å²) in [5, 5.41) is 0. The molecule has 0 spiro atoms. The summed E-state index contributed by atoms with van der Waals surface area (Å²) in [6.07, 6.45) is 0. The van der Waals surface area contributed by atoms with E-state index in [1.807, 2.05) is 0 Å². The normalized spacial score (nSPS) is 12.1. The Morgan fingerprint density at radius 2 is 1.00 bits per heavy atom. The summed E-state index contributed by atoms with van der Waals surface area (Å²) in [7, 11) is 2.89. The molecule has 0 aromatic heterocycles. The lowest BCUT2D eigenvalue weighted by Crippen LogP contribution is -2.58. The van der Waals surface area contributed by atoms with Crippen molar-refractivity contribution in [3.63, 3.8) is 0 Å². The zero-order chi connectivity index (χ0) is 15.3. The van der Waals surface area contributed by atoms with Gasteiger partial charge in [-0.25, -0.2) is 0 Å². The van der Waals surface area contributed by atoms with E-state index < -0.39 is 8.40 Å². The van der Waals surface area contributed by atoms with E-state index in [4.69, 9.17) is 0 Å². The van der Waals surface area contributed by atoms with E-state index in [-0.39, 0.29) is 0 Å². The lowest BCUT2D eigenvalue weighted by atomic mass is 10.2. The Hall–Kier alpha value is -1.42. The predicted octanol–water partition coefficient (Wildman–Crippen LogP) is 3.95. The van der Waals surface area contributed by atoms with E-state index in [0.29, 0.717) is 0 Å². The van der Waals surface area contributed by atoms with Crippen molar-refractivity contribution in [2.75, 3.05) is 14.1 Å². The number of hydrogen-bond donors (Lipinski definition) is 0. The number of nitrogens with zero attached hydrogens (tertiary/aromatic N) is 2. The van der Waals surface area contributed by atoms with Crippen LogP contribution in [-0.2, 0) is 13.1 Å². The molecule has 0 atom stereocenters. The first kappa shape index (κ1) is 16.0. The Morgan fingerprint density at radius 1 is 0.667 bits per heavy atom. The maximum Gasteiger partial charge on any atom is 0.200 e. The van der Waals surface area contributed by atoms with E-state index in [2.05, 4.69) is 97.0 Å². The van der Waals surface area contributed by atoms with Crippen molar-refractivity contribution in [3.8, 4) is 0 Å². The monoisotopic (exact) mass is 298 g/mol. The van der Waals surface area contributed by atoms with Crippen molar-refractivity contribution in [2.24, 2.45) is 0 Å². The van der Waals surface area contributed by atoms with Gasteiger partial charge in [0.2, 0.25) is 8.40 Å². The Balaban J connectivity index is 2.02. The van der Waals surface area contributed by atoms with Crippen LogP contribution < -0.4 is 0 Å². The summed E-state index contributed by atoms with van der Waals surface area (Å²) in [5.74, 6) is 0. The maximum atomic E-state index is 2.53. The molecule has 0 radical (unpaired) electrons. The highest BCUT2D eigenvalue weighted by Crippen LogP contribution is 2.18. The zero-order valence-corrected chi connectivity index (χ0v) is 14.6. The molecule has 0 heterocycles. The molecule has 3 heteroatoms. The van der Waals surface area contributed by atoms with Gasteiger partial charge in [0.05, 0.1) is 0 Å². The van der Waals surface area contributed by atoms with Crippen molar-refractivity contribution < 1.29 is 0 Å². The fraction of sp³-hybridized carbons (Fsp3) is 0.333. The fourth-order valence-corrected chi connectivity index (χ4v) is 4.11. The van der Waals surface area contributed by atoms with Gasteiger partial charge >= 0.3 is 0 Å². The van der Waals surface area contributed by atoms with Crippen LogP contribution in [-0.4, -0.2) is 31.6 Å². The smallest absolute Gasteiger partial charge is 0.200 e. The molecule has 0 unspecified atom stereocenters. The van der Waals surface area contributed by atoms with Crippen molar-refractivity contribution in [2.45, 2.75) is 26.2 Å². The minimum Gasteiger partial charge on any atom is -0.311 e. The van der Waals surface area contributed by atoms with Gasteiger partial charge in [0.25, 0.3) is 0 Å². The van der Waals surface area contributed by atoms with Gasteiger partial charge in [-0.1, -0.05) is 60.7 Å². The first-order chi connectivity index (χ1) is 10.00. The molecular weight excluding hydrogens is 272 g/mol. The maximum absolute atomic E-state index is 2.53. The number of benzene rings is 2. The van der Waals surface area contributed by atoms with Gasteiger partial charge in [-0.3, -0.25) is 0 Å². The van der Waals surface area contributed by atoms with Crippen molar-refractivity contribution in [3.05, 3.63) is 71.8 Å². The van der Waals surface area contributed by atoms with Crippen LogP contribution in [0.15, 0.2) is 60.7 Å². The predicted molar refractivity (Wildman–Crippen MR) is 93.3 cm³/mol. The van der Waals surface area contributed by atoms with Crippen LogP contribution in [0.3, 0.4) is 0 Å². The van der Waals surface area contributed by atoms with Crippen molar-refractivity contribution in [1.29, 1.82) is 0 Å². The van der Waals surface area contributed by atoms with E-state index in [0.717, 1.165) is 13.1 Å². The van der Waals surface area contributed by atoms with Gasteiger partial charge in [-0.05, 0) is 38.3 Å². The lowest BCUT2D eigenvalue weighted by Gasteiger charge is -2.41. The van der Waals surface area contributed by atoms with Crippen LogP contribution in [0.2, 0.25) is 13.1 Å². The highest BCUT2D eigenvalue weighted by molar-refractivity contribution is 6.71. The molecule has 2 nitrogen and oxygen atoms in total. The molecule has 0 aliphatic heterocycles. The molecule has 0 saturated heterocycles. The molecule has 0 N–H and O–H groups in total. The van der Waals surface area contributed by atoms with E-state index >= 15 is 0 Å². The average Bonchev–Trinajstić information content (AvgIpc) is 2.49. The second-order valence-electron chi connectivity index (χ2n) is 6.18. The van der Waals surface area contributed by atoms with Gasteiger partial charge < -0.3 is 9.13 Å². The van der Waals surface area contributed by atoms with Crippen molar-refractivity contribution in [1.82, 2.24) is 9.13 Å². The summed E-state index contributed by atoms with van der Waals surface area (Å²) in [5.41, 5.74) is 2.77. The van der Waals surface area contributed by atoms with Gasteiger partial charge in [-0.15, -0.1) is 0 Å². The first-order valence-corrected chi connectivity index (χ1v) is 10.4. The lowest BCUT2D eigenvalue weighted by molar-refractivity contribution is 0.390. The standard InChI is InChI=1S/C18H26N2Si/c1-19(15-17-11-7-5-8-12-17)21(3,4)20(2)16-18-13-9-6-10-14-18/h5-14H,15-16H2,1-4H3. The Kier molecular flexibility index (Phi) is 5.34. The minimum atomic E-state index is -1.61. The number of rotatable bonds is 6. The molecular formula is C18H26N2Si. The molecule has 21 heavy (non-hydrogen) atoms. The van der Waals surface area contributed by atoms with Crippen LogP contribution in [0.25, 0.3) is 0 Å². The molecule has 112 valence electrons. The van der Waals surface area contributed by atoms with E-state index in [1.165, 1.54) is 11.1 Å². The summed E-state index contributed by atoms with van der Waals surface area (Å²) < 4.78 is 5.07. The molecule has 2 aromatic carbocycles. The molecule has 2 aromatic rings. The molecule has 0 amide bonds. The van der Waals surface area contributed by atoms with Gasteiger partial charge in [0.15, 0.2) is 0 Å². The third-order valence-corrected chi connectivity index (χ3v) is 8.45. The quantitative estimate of drug-likeness (QED) is 0.745. The van der Waals surface area contributed by atoms with Crippen LogP contribution in [0.5, 0.6) is 0 Å². The fourth-order valence-electron chi connectivity index (χ4n) is 2.39. The summed E-state index contributed by atoms with van der Waals surface area (Å²) in [6, 6.07) is 21.4. The van der Waals surface area contributed by atoms with Crippen LogP contribution in [0, 0.1) is 0 Å². The molecule has 0 aliphatic carbocycles. The largest absolute Gasteiger partial charge is 0.311 e. The number of hydrogen-bond acceptors (Lipinski definition) is 2. The molecule has 0 aliphatic rings. The Labute approximate surface area is 130 Å². The average molecular weight is 299 g/mol. The summed E-state index contributed by atoms with van der Waals surface area (Å²) in [6.45, 7) is 6.86. The summed E-state index contributed by atoms with van der Waals surface area (Å²) in [4.78, 5) is 0. The first-order valence-electron chi connectivity index (χ1n) is 7.50. The SMILES string of the molecule is CN(Cc1ccccc1)[Si](C)(C)N(C)Cc1ccccc1. The Morgan fingerprint density at radius 3 is 1.33 bits per heavy atom. The van der Waals surface area contributed by atoms with E-state index in [1.54, 1.807) is 0 Å². The van der Waals surface area contributed by atoms with Crippen LogP contribution >= 0.6 is 0 Å². The minimum absolute atomic E-state index is 1.01. The van der Waals surface area contributed by atoms with Gasteiger partial charge in [0, 0.05) is 13.1 Å². The topological polar surface area (TPSA) is 6.48 Å². The molecule has 0 saturated carbocycles. The third kappa shape index (κ3) is 4.27. The van der Waals surface area contributed by atoms with Crippen LogP contribution in [0.1, 0.15) is 11.1 Å². The highest BCUT2D eigenvalue weighted by Gasteiger charge is 2.31. The van der Waals surface area contributed by atoms with Gasteiger partial charge in [0.1, 0.15) is 0 Å².